The Bertz CT molecular complexity index is 510. The molecular weight excluding hydrogens is 301 g/mol. The highest BCUT2D eigenvalue weighted by Crippen LogP contribution is 2.29. The van der Waals surface area contributed by atoms with Crippen molar-refractivity contribution in [3.63, 3.8) is 0 Å². The molecule has 0 spiro atoms. The highest BCUT2D eigenvalue weighted by atomic mass is 79.9. The van der Waals surface area contributed by atoms with Crippen LogP contribution in [0.4, 0.5) is 4.39 Å². The largest absolute Gasteiger partial charge is 0.419 e. The highest BCUT2D eigenvalue weighted by Gasteiger charge is 2.15. The topological polar surface area (TPSA) is 51.0 Å². The minimum atomic E-state index is -0.388. The summed E-state index contributed by atoms with van der Waals surface area (Å²) in [6.07, 6.45) is 1.03. The molecule has 0 saturated heterocycles. The van der Waals surface area contributed by atoms with Gasteiger partial charge in [0, 0.05) is 4.47 Å². The molecule has 2 aromatic rings. The maximum Gasteiger partial charge on any atom is 0.251 e. The van der Waals surface area contributed by atoms with Gasteiger partial charge in [0.15, 0.2) is 0 Å². The molecule has 0 amide bonds. The molecule has 1 aromatic heterocycles. The summed E-state index contributed by atoms with van der Waals surface area (Å²) < 4.78 is 19.7. The molecule has 0 aliphatic carbocycles. The molecule has 0 bridgehead atoms. The van der Waals surface area contributed by atoms with E-state index >= 15 is 0 Å². The lowest BCUT2D eigenvalue weighted by molar-refractivity contribution is 0.474. The number of nitrogens with one attached hydrogen (secondary N) is 1. The summed E-state index contributed by atoms with van der Waals surface area (Å²) >= 11 is 3.27. The number of rotatable bonds is 5. The van der Waals surface area contributed by atoms with E-state index in [9.17, 15) is 4.39 Å². The van der Waals surface area contributed by atoms with Crippen LogP contribution in [0.5, 0.6) is 0 Å². The molecule has 0 aliphatic rings. The summed E-state index contributed by atoms with van der Waals surface area (Å²) in [5, 5.41) is 10.9. The van der Waals surface area contributed by atoms with Crippen molar-refractivity contribution in [3.8, 4) is 11.5 Å². The lowest BCUT2D eigenvalue weighted by atomic mass is 10.2. The normalized spacial score (nSPS) is 10.8. The number of benzene rings is 1. The second kappa shape index (κ2) is 6.06. The third-order valence-corrected chi connectivity index (χ3v) is 3.01. The summed E-state index contributed by atoms with van der Waals surface area (Å²) in [4.78, 5) is 0. The second-order valence-electron chi connectivity index (χ2n) is 3.77. The molecule has 18 heavy (non-hydrogen) atoms. The minimum Gasteiger partial charge on any atom is -0.419 e. The van der Waals surface area contributed by atoms with Gasteiger partial charge in [-0.15, -0.1) is 10.2 Å². The van der Waals surface area contributed by atoms with Gasteiger partial charge in [0.1, 0.15) is 5.82 Å². The maximum absolute atomic E-state index is 13.7. The molecule has 6 heteroatoms. The van der Waals surface area contributed by atoms with Crippen molar-refractivity contribution in [2.24, 2.45) is 0 Å². The van der Waals surface area contributed by atoms with E-state index in [-0.39, 0.29) is 11.7 Å². The molecule has 2 rings (SSSR count). The predicted octanol–water partition coefficient (Wildman–Crippen LogP) is 3.14. The molecule has 0 aliphatic heterocycles. The summed E-state index contributed by atoms with van der Waals surface area (Å²) in [5.41, 5.74) is 0.298. The van der Waals surface area contributed by atoms with Gasteiger partial charge in [-0.2, -0.15) is 0 Å². The number of nitrogens with zero attached hydrogens (tertiary/aromatic N) is 2. The van der Waals surface area contributed by atoms with Crippen LogP contribution in [0.15, 0.2) is 27.1 Å². The van der Waals surface area contributed by atoms with Crippen LogP contribution in [0.3, 0.4) is 0 Å². The zero-order valence-corrected chi connectivity index (χ0v) is 11.5. The standard InChI is InChI=1S/C12H13BrFN3O/c1-2-6-15-7-10-16-17-12(18-10)11-8(13)4-3-5-9(11)14/h3-5,15H,2,6-7H2,1H3. The van der Waals surface area contributed by atoms with Crippen LogP contribution in [-0.4, -0.2) is 16.7 Å². The van der Waals surface area contributed by atoms with Gasteiger partial charge in [0.25, 0.3) is 5.89 Å². The Morgan fingerprint density at radius 2 is 2.22 bits per heavy atom. The Morgan fingerprint density at radius 3 is 2.94 bits per heavy atom. The average molecular weight is 314 g/mol. The van der Waals surface area contributed by atoms with Gasteiger partial charge in [-0.05, 0) is 41.0 Å². The lowest BCUT2D eigenvalue weighted by Gasteiger charge is -2.00. The van der Waals surface area contributed by atoms with E-state index in [1.165, 1.54) is 6.07 Å². The highest BCUT2D eigenvalue weighted by molar-refractivity contribution is 9.10. The molecule has 1 aromatic carbocycles. The zero-order valence-electron chi connectivity index (χ0n) is 9.91. The molecule has 0 fully saturated rings. The first-order valence-corrected chi connectivity index (χ1v) is 6.49. The molecule has 0 unspecified atom stereocenters. The third kappa shape index (κ3) is 2.94. The van der Waals surface area contributed by atoms with Gasteiger partial charge in [-0.3, -0.25) is 0 Å². The fourth-order valence-corrected chi connectivity index (χ4v) is 2.01. The molecule has 0 atom stereocenters. The Hall–Kier alpha value is -1.27. The summed E-state index contributed by atoms with van der Waals surface area (Å²) in [6.45, 7) is 3.44. The monoisotopic (exact) mass is 313 g/mol. The Kier molecular flexibility index (Phi) is 4.43. The second-order valence-corrected chi connectivity index (χ2v) is 4.63. The van der Waals surface area contributed by atoms with Gasteiger partial charge >= 0.3 is 0 Å². The maximum atomic E-state index is 13.7. The minimum absolute atomic E-state index is 0.188. The third-order valence-electron chi connectivity index (χ3n) is 2.35. The van der Waals surface area contributed by atoms with Crippen molar-refractivity contribution in [3.05, 3.63) is 34.4 Å². The molecular formula is C12H13BrFN3O. The van der Waals surface area contributed by atoms with Crippen molar-refractivity contribution in [2.75, 3.05) is 6.54 Å². The first-order chi connectivity index (χ1) is 8.72. The van der Waals surface area contributed by atoms with Crippen molar-refractivity contribution < 1.29 is 8.81 Å². The fourth-order valence-electron chi connectivity index (χ4n) is 1.50. The summed E-state index contributed by atoms with van der Waals surface area (Å²) in [6, 6.07) is 4.71. The Morgan fingerprint density at radius 1 is 1.39 bits per heavy atom. The SMILES string of the molecule is CCCNCc1nnc(-c2c(F)cccc2Br)o1. The molecule has 0 saturated carbocycles. The van der Waals surface area contributed by atoms with Gasteiger partial charge in [-0.1, -0.05) is 13.0 Å². The van der Waals surface area contributed by atoms with Gasteiger partial charge < -0.3 is 9.73 Å². The number of halogens is 2. The zero-order chi connectivity index (χ0) is 13.0. The Balaban J connectivity index is 2.19. The first kappa shape index (κ1) is 13.2. The molecule has 1 heterocycles. The molecule has 96 valence electrons. The van der Waals surface area contributed by atoms with Crippen molar-refractivity contribution in [2.45, 2.75) is 19.9 Å². The van der Waals surface area contributed by atoms with Gasteiger partial charge in [0.2, 0.25) is 5.89 Å². The molecule has 4 nitrogen and oxygen atoms in total. The summed E-state index contributed by atoms with van der Waals surface area (Å²) in [5.74, 6) is 0.253. The number of aromatic nitrogens is 2. The van der Waals surface area contributed by atoms with Crippen molar-refractivity contribution in [1.82, 2.24) is 15.5 Å². The van der Waals surface area contributed by atoms with Crippen LogP contribution in [0.1, 0.15) is 19.2 Å². The molecule has 0 radical (unpaired) electrons. The van der Waals surface area contributed by atoms with Crippen molar-refractivity contribution >= 4 is 15.9 Å². The van der Waals surface area contributed by atoms with E-state index in [1.54, 1.807) is 12.1 Å². The van der Waals surface area contributed by atoms with Crippen LogP contribution in [0.25, 0.3) is 11.5 Å². The van der Waals surface area contributed by atoms with E-state index in [4.69, 9.17) is 4.42 Å². The van der Waals surface area contributed by atoms with E-state index in [0.717, 1.165) is 13.0 Å². The smallest absolute Gasteiger partial charge is 0.251 e. The average Bonchev–Trinajstić information content (AvgIpc) is 2.78. The first-order valence-electron chi connectivity index (χ1n) is 5.70. The predicted molar refractivity (Wildman–Crippen MR) is 69.4 cm³/mol. The van der Waals surface area contributed by atoms with Crippen LogP contribution < -0.4 is 5.32 Å². The van der Waals surface area contributed by atoms with Gasteiger partial charge in [-0.25, -0.2) is 4.39 Å². The number of hydrogen-bond acceptors (Lipinski definition) is 4. The van der Waals surface area contributed by atoms with E-state index < -0.39 is 0 Å². The number of hydrogen-bond donors (Lipinski definition) is 1. The van der Waals surface area contributed by atoms with Crippen LogP contribution in [-0.2, 0) is 6.54 Å². The van der Waals surface area contributed by atoms with Gasteiger partial charge in [0.05, 0.1) is 12.1 Å². The van der Waals surface area contributed by atoms with Crippen LogP contribution in [0, 0.1) is 5.82 Å². The fraction of sp³-hybridized carbons (Fsp3) is 0.333. The van der Waals surface area contributed by atoms with E-state index in [1.807, 2.05) is 0 Å². The van der Waals surface area contributed by atoms with E-state index in [2.05, 4.69) is 38.4 Å². The Labute approximate surface area is 113 Å². The summed E-state index contributed by atoms with van der Waals surface area (Å²) in [7, 11) is 0. The van der Waals surface area contributed by atoms with Crippen molar-refractivity contribution in [1.29, 1.82) is 0 Å². The molecule has 1 N–H and O–H groups in total. The lowest BCUT2D eigenvalue weighted by Crippen LogP contribution is -2.13. The van der Waals surface area contributed by atoms with Crippen LogP contribution >= 0.6 is 15.9 Å². The quantitative estimate of drug-likeness (QED) is 0.862. The van der Waals surface area contributed by atoms with E-state index in [0.29, 0.717) is 22.5 Å². The van der Waals surface area contributed by atoms with Crippen LogP contribution in [0.2, 0.25) is 0 Å².